The van der Waals surface area contributed by atoms with Crippen LogP contribution in [0.3, 0.4) is 0 Å². The molecule has 1 saturated heterocycles. The van der Waals surface area contributed by atoms with Crippen molar-refractivity contribution in [2.45, 2.75) is 45.2 Å². The van der Waals surface area contributed by atoms with Crippen molar-refractivity contribution in [2.75, 3.05) is 26.7 Å². The van der Waals surface area contributed by atoms with Gasteiger partial charge in [-0.05, 0) is 49.0 Å². The number of hydrogen-bond acceptors (Lipinski definition) is 3. The minimum atomic E-state index is 0.216. The number of nitrogens with zero attached hydrogens (tertiary/aromatic N) is 2. The number of likely N-dealkylation sites (tertiary alicyclic amines) is 1. The SMILES string of the molecule is COc1ccc(CN2CCC=C([C@H]3CCCCN3C(C)=O)C2)cc1. The van der Waals surface area contributed by atoms with Crippen molar-refractivity contribution in [3.05, 3.63) is 41.5 Å². The number of carbonyl (C=O) groups is 1. The molecule has 0 bridgehead atoms. The molecule has 0 spiro atoms. The van der Waals surface area contributed by atoms with Gasteiger partial charge in [0.25, 0.3) is 0 Å². The summed E-state index contributed by atoms with van der Waals surface area (Å²) in [5.74, 6) is 1.12. The van der Waals surface area contributed by atoms with Crippen molar-refractivity contribution in [3.63, 3.8) is 0 Å². The van der Waals surface area contributed by atoms with Crippen LogP contribution in [0.25, 0.3) is 0 Å². The van der Waals surface area contributed by atoms with Gasteiger partial charge >= 0.3 is 0 Å². The third kappa shape index (κ3) is 3.99. The average molecular weight is 328 g/mol. The highest BCUT2D eigenvalue weighted by atomic mass is 16.5. The van der Waals surface area contributed by atoms with Gasteiger partial charge < -0.3 is 9.64 Å². The lowest BCUT2D eigenvalue weighted by atomic mass is 9.92. The smallest absolute Gasteiger partial charge is 0.219 e. The summed E-state index contributed by atoms with van der Waals surface area (Å²) in [4.78, 5) is 16.5. The summed E-state index contributed by atoms with van der Waals surface area (Å²) in [6.07, 6.45) is 6.93. The molecule has 3 rings (SSSR count). The molecule has 4 heteroatoms. The van der Waals surface area contributed by atoms with Gasteiger partial charge in [0.1, 0.15) is 5.75 Å². The van der Waals surface area contributed by atoms with Crippen molar-refractivity contribution >= 4 is 5.91 Å². The topological polar surface area (TPSA) is 32.8 Å². The zero-order valence-corrected chi connectivity index (χ0v) is 14.8. The second-order valence-electron chi connectivity index (χ2n) is 6.85. The van der Waals surface area contributed by atoms with Gasteiger partial charge in [0, 0.05) is 33.1 Å². The van der Waals surface area contributed by atoms with E-state index < -0.39 is 0 Å². The minimum Gasteiger partial charge on any atom is -0.497 e. The first-order valence-corrected chi connectivity index (χ1v) is 8.99. The van der Waals surface area contributed by atoms with E-state index in [1.165, 1.54) is 17.6 Å². The molecule has 1 fully saturated rings. The molecule has 4 nitrogen and oxygen atoms in total. The highest BCUT2D eigenvalue weighted by molar-refractivity contribution is 5.74. The number of hydrogen-bond donors (Lipinski definition) is 0. The number of ether oxygens (including phenoxy) is 1. The van der Waals surface area contributed by atoms with Gasteiger partial charge in [0.2, 0.25) is 5.91 Å². The molecule has 1 aromatic rings. The largest absolute Gasteiger partial charge is 0.497 e. The number of carbonyl (C=O) groups excluding carboxylic acids is 1. The van der Waals surface area contributed by atoms with E-state index in [0.717, 1.165) is 51.2 Å². The second kappa shape index (κ2) is 7.84. The van der Waals surface area contributed by atoms with Crippen LogP contribution in [0.4, 0.5) is 0 Å². The van der Waals surface area contributed by atoms with Gasteiger partial charge in [-0.15, -0.1) is 0 Å². The van der Waals surface area contributed by atoms with E-state index in [1.807, 2.05) is 12.1 Å². The summed E-state index contributed by atoms with van der Waals surface area (Å²) in [5.41, 5.74) is 2.74. The molecule has 0 aromatic heterocycles. The maximum Gasteiger partial charge on any atom is 0.219 e. The number of benzene rings is 1. The highest BCUT2D eigenvalue weighted by Crippen LogP contribution is 2.27. The molecular formula is C20H28N2O2. The van der Waals surface area contributed by atoms with E-state index >= 15 is 0 Å². The van der Waals surface area contributed by atoms with Crippen LogP contribution in [0.2, 0.25) is 0 Å². The van der Waals surface area contributed by atoms with Crippen LogP contribution in [0, 0.1) is 0 Å². The molecule has 2 aliphatic rings. The maximum absolute atomic E-state index is 12.0. The predicted octanol–water partition coefficient (Wildman–Crippen LogP) is 3.23. The van der Waals surface area contributed by atoms with E-state index in [1.54, 1.807) is 14.0 Å². The van der Waals surface area contributed by atoms with Crippen molar-refractivity contribution < 1.29 is 9.53 Å². The first-order valence-electron chi connectivity index (χ1n) is 8.99. The number of methoxy groups -OCH3 is 1. The van der Waals surface area contributed by atoms with Gasteiger partial charge in [-0.1, -0.05) is 18.2 Å². The Bertz CT molecular complexity index is 594. The molecule has 0 saturated carbocycles. The van der Waals surface area contributed by atoms with E-state index in [4.69, 9.17) is 4.74 Å². The lowest BCUT2D eigenvalue weighted by Crippen LogP contribution is -2.46. The molecule has 2 heterocycles. The minimum absolute atomic E-state index is 0.216. The zero-order valence-electron chi connectivity index (χ0n) is 14.8. The molecule has 0 unspecified atom stereocenters. The summed E-state index contributed by atoms with van der Waals surface area (Å²) < 4.78 is 5.23. The molecule has 1 atom stereocenters. The Morgan fingerprint density at radius 2 is 2.00 bits per heavy atom. The van der Waals surface area contributed by atoms with Crippen molar-refractivity contribution in [3.8, 4) is 5.75 Å². The molecule has 130 valence electrons. The van der Waals surface area contributed by atoms with E-state index in [9.17, 15) is 4.79 Å². The molecule has 24 heavy (non-hydrogen) atoms. The van der Waals surface area contributed by atoms with Crippen molar-refractivity contribution in [1.29, 1.82) is 0 Å². The number of piperidine rings is 1. The Kier molecular flexibility index (Phi) is 5.56. The Morgan fingerprint density at radius 3 is 2.71 bits per heavy atom. The Hall–Kier alpha value is -1.81. The lowest BCUT2D eigenvalue weighted by molar-refractivity contribution is -0.131. The predicted molar refractivity (Wildman–Crippen MR) is 96.0 cm³/mol. The Morgan fingerprint density at radius 1 is 1.21 bits per heavy atom. The fourth-order valence-corrected chi connectivity index (χ4v) is 3.89. The van der Waals surface area contributed by atoms with Gasteiger partial charge in [-0.2, -0.15) is 0 Å². The van der Waals surface area contributed by atoms with Crippen LogP contribution < -0.4 is 4.74 Å². The maximum atomic E-state index is 12.0. The van der Waals surface area contributed by atoms with E-state index in [0.29, 0.717) is 6.04 Å². The summed E-state index contributed by atoms with van der Waals surface area (Å²) in [6, 6.07) is 8.64. The van der Waals surface area contributed by atoms with Crippen LogP contribution in [0.1, 0.15) is 38.2 Å². The summed E-state index contributed by atoms with van der Waals surface area (Å²) in [7, 11) is 1.70. The third-order valence-electron chi connectivity index (χ3n) is 5.16. The van der Waals surface area contributed by atoms with Gasteiger partial charge in [0.05, 0.1) is 13.2 Å². The van der Waals surface area contributed by atoms with Crippen molar-refractivity contribution in [1.82, 2.24) is 9.80 Å². The molecule has 1 aromatic carbocycles. The highest BCUT2D eigenvalue weighted by Gasteiger charge is 2.29. The molecular weight excluding hydrogens is 300 g/mol. The van der Waals surface area contributed by atoms with Crippen LogP contribution in [0.15, 0.2) is 35.9 Å². The molecule has 0 aliphatic carbocycles. The van der Waals surface area contributed by atoms with Crippen LogP contribution in [0.5, 0.6) is 5.75 Å². The normalized spacial score (nSPS) is 22.2. The monoisotopic (exact) mass is 328 g/mol. The number of rotatable bonds is 4. The summed E-state index contributed by atoms with van der Waals surface area (Å²) in [6.45, 7) is 5.63. The quantitative estimate of drug-likeness (QED) is 0.796. The van der Waals surface area contributed by atoms with Gasteiger partial charge in [-0.3, -0.25) is 9.69 Å². The van der Waals surface area contributed by atoms with Gasteiger partial charge in [-0.25, -0.2) is 0 Å². The Balaban J connectivity index is 1.64. The lowest BCUT2D eigenvalue weighted by Gasteiger charge is -2.40. The fraction of sp³-hybridized carbons (Fsp3) is 0.550. The van der Waals surface area contributed by atoms with Crippen LogP contribution in [-0.4, -0.2) is 48.5 Å². The van der Waals surface area contributed by atoms with E-state index in [-0.39, 0.29) is 5.91 Å². The summed E-state index contributed by atoms with van der Waals surface area (Å²) >= 11 is 0. The summed E-state index contributed by atoms with van der Waals surface area (Å²) in [5, 5.41) is 0. The molecule has 0 N–H and O–H groups in total. The zero-order chi connectivity index (χ0) is 16.9. The van der Waals surface area contributed by atoms with Crippen molar-refractivity contribution in [2.24, 2.45) is 0 Å². The van der Waals surface area contributed by atoms with Crippen LogP contribution >= 0.6 is 0 Å². The average Bonchev–Trinajstić information content (AvgIpc) is 2.62. The van der Waals surface area contributed by atoms with Gasteiger partial charge in [0.15, 0.2) is 0 Å². The second-order valence-corrected chi connectivity index (χ2v) is 6.85. The van der Waals surface area contributed by atoms with Crippen LogP contribution in [-0.2, 0) is 11.3 Å². The first kappa shape index (κ1) is 17.0. The van der Waals surface area contributed by atoms with E-state index in [2.05, 4.69) is 28.0 Å². The standard InChI is InChI=1S/C20H28N2O2/c1-16(23)22-13-4-3-7-20(22)18-6-5-12-21(15-18)14-17-8-10-19(24-2)11-9-17/h6,8-11,20H,3-5,7,12-15H2,1-2H3/t20-/m1/s1. The Labute approximate surface area is 145 Å². The molecule has 0 radical (unpaired) electrons. The third-order valence-corrected chi connectivity index (χ3v) is 5.16. The molecule has 1 amide bonds. The number of amides is 1. The molecule has 2 aliphatic heterocycles. The first-order chi connectivity index (χ1) is 11.7. The fourth-order valence-electron chi connectivity index (χ4n) is 3.89.